The number of anilines is 1. The third kappa shape index (κ3) is 2.63. The molecule has 1 aliphatic heterocycles. The molecule has 3 rings (SSSR count). The number of ether oxygens (including phenoxy) is 2. The fourth-order valence-electron chi connectivity index (χ4n) is 2.48. The average Bonchev–Trinajstić information content (AvgIpc) is 2.97. The molecule has 2 heterocycles. The van der Waals surface area contributed by atoms with Crippen molar-refractivity contribution >= 4 is 5.69 Å². The van der Waals surface area contributed by atoms with Gasteiger partial charge in [0, 0.05) is 30.1 Å². The van der Waals surface area contributed by atoms with Gasteiger partial charge in [0.15, 0.2) is 0 Å². The van der Waals surface area contributed by atoms with Gasteiger partial charge in [0.1, 0.15) is 12.0 Å². The minimum Gasteiger partial charge on any atom is -0.497 e. The number of aromatic nitrogens is 2. The maximum Gasteiger partial charge on any atom is 0.150 e. The number of rotatable bonds is 3. The Morgan fingerprint density at radius 2 is 2.20 bits per heavy atom. The summed E-state index contributed by atoms with van der Waals surface area (Å²) >= 11 is 0. The van der Waals surface area contributed by atoms with Gasteiger partial charge < -0.3 is 15.2 Å². The normalized spacial score (nSPS) is 18.9. The summed E-state index contributed by atoms with van der Waals surface area (Å²) in [4.78, 5) is 0. The lowest BCUT2D eigenvalue weighted by molar-refractivity contribution is -0.0394. The van der Waals surface area contributed by atoms with Crippen molar-refractivity contribution in [1.29, 1.82) is 0 Å². The number of nitrogen functional groups attached to an aromatic ring is 1. The summed E-state index contributed by atoms with van der Waals surface area (Å²) in [5.74, 6) is 0.752. The van der Waals surface area contributed by atoms with Crippen LogP contribution in [0.1, 0.15) is 25.5 Å². The number of nitrogens with zero attached hydrogens (tertiary/aromatic N) is 2. The van der Waals surface area contributed by atoms with Gasteiger partial charge in [-0.2, -0.15) is 5.10 Å². The Bertz CT molecular complexity index is 589. The number of hydrogen-bond acceptors (Lipinski definition) is 4. The van der Waals surface area contributed by atoms with E-state index in [1.54, 1.807) is 13.2 Å². The third-order valence-electron chi connectivity index (χ3n) is 3.55. The Morgan fingerprint density at radius 1 is 1.30 bits per heavy atom. The van der Waals surface area contributed by atoms with Gasteiger partial charge in [0.05, 0.1) is 13.3 Å². The largest absolute Gasteiger partial charge is 0.497 e. The lowest BCUT2D eigenvalue weighted by atomic mass is 10.1. The first-order chi connectivity index (χ1) is 9.76. The molecule has 1 aromatic carbocycles. The molecule has 1 aromatic heterocycles. The zero-order valence-electron chi connectivity index (χ0n) is 11.6. The van der Waals surface area contributed by atoms with Gasteiger partial charge in [0.25, 0.3) is 0 Å². The van der Waals surface area contributed by atoms with Gasteiger partial charge in [-0.25, -0.2) is 4.68 Å². The van der Waals surface area contributed by atoms with Crippen molar-refractivity contribution in [3.63, 3.8) is 0 Å². The molecule has 1 atom stereocenters. The van der Waals surface area contributed by atoms with Crippen LogP contribution in [-0.4, -0.2) is 23.5 Å². The van der Waals surface area contributed by atoms with E-state index in [1.165, 1.54) is 6.42 Å². The number of methoxy groups -OCH3 is 1. The van der Waals surface area contributed by atoms with E-state index in [-0.39, 0.29) is 6.23 Å². The monoisotopic (exact) mass is 273 g/mol. The molecule has 5 heteroatoms. The summed E-state index contributed by atoms with van der Waals surface area (Å²) < 4.78 is 12.9. The standard InChI is InChI=1S/C15H19N3O2/c1-19-14-7-11(6-13(16)8-14)12-9-17-18(10-12)15-4-2-3-5-20-15/h6-10,15H,2-5,16H2,1H3. The van der Waals surface area contributed by atoms with Crippen LogP contribution in [0.15, 0.2) is 30.6 Å². The van der Waals surface area contributed by atoms with Crippen LogP contribution in [0.5, 0.6) is 5.75 Å². The van der Waals surface area contributed by atoms with E-state index in [4.69, 9.17) is 15.2 Å². The van der Waals surface area contributed by atoms with E-state index < -0.39 is 0 Å². The Morgan fingerprint density at radius 3 is 2.95 bits per heavy atom. The fourth-order valence-corrected chi connectivity index (χ4v) is 2.48. The third-order valence-corrected chi connectivity index (χ3v) is 3.55. The molecule has 2 N–H and O–H groups in total. The minimum atomic E-state index is 0.0560. The molecule has 2 aromatic rings. The highest BCUT2D eigenvalue weighted by atomic mass is 16.5. The van der Waals surface area contributed by atoms with E-state index in [0.29, 0.717) is 5.69 Å². The predicted molar refractivity (Wildman–Crippen MR) is 77.5 cm³/mol. The zero-order chi connectivity index (χ0) is 13.9. The Balaban J connectivity index is 1.87. The second kappa shape index (κ2) is 5.54. The van der Waals surface area contributed by atoms with Crippen LogP contribution >= 0.6 is 0 Å². The van der Waals surface area contributed by atoms with E-state index in [2.05, 4.69) is 5.10 Å². The summed E-state index contributed by atoms with van der Waals surface area (Å²) in [5.41, 5.74) is 8.59. The van der Waals surface area contributed by atoms with Crippen molar-refractivity contribution < 1.29 is 9.47 Å². The van der Waals surface area contributed by atoms with Crippen LogP contribution in [0.4, 0.5) is 5.69 Å². The van der Waals surface area contributed by atoms with Crippen LogP contribution in [0.25, 0.3) is 11.1 Å². The molecule has 20 heavy (non-hydrogen) atoms. The second-order valence-corrected chi connectivity index (χ2v) is 5.03. The van der Waals surface area contributed by atoms with Crippen molar-refractivity contribution in [3.05, 3.63) is 30.6 Å². The van der Waals surface area contributed by atoms with Gasteiger partial charge in [-0.3, -0.25) is 0 Å². The summed E-state index contributed by atoms with van der Waals surface area (Å²) in [7, 11) is 1.64. The molecule has 1 unspecified atom stereocenters. The molecule has 0 amide bonds. The summed E-state index contributed by atoms with van der Waals surface area (Å²) in [6.45, 7) is 0.811. The van der Waals surface area contributed by atoms with E-state index >= 15 is 0 Å². The van der Waals surface area contributed by atoms with Crippen LogP contribution in [-0.2, 0) is 4.74 Å². The van der Waals surface area contributed by atoms with Gasteiger partial charge in [-0.05, 0) is 37.0 Å². The molecule has 0 aliphatic carbocycles. The van der Waals surface area contributed by atoms with Crippen molar-refractivity contribution in [2.45, 2.75) is 25.5 Å². The topological polar surface area (TPSA) is 62.3 Å². The van der Waals surface area contributed by atoms with Crippen molar-refractivity contribution in [2.75, 3.05) is 19.5 Å². The first kappa shape index (κ1) is 13.0. The van der Waals surface area contributed by atoms with E-state index in [0.717, 1.165) is 36.3 Å². The molecule has 1 saturated heterocycles. The number of nitrogens with two attached hydrogens (primary N) is 1. The average molecular weight is 273 g/mol. The van der Waals surface area contributed by atoms with Crippen LogP contribution < -0.4 is 10.5 Å². The number of hydrogen-bond donors (Lipinski definition) is 1. The Labute approximate surface area is 118 Å². The van der Waals surface area contributed by atoms with Gasteiger partial charge in [0.2, 0.25) is 0 Å². The quantitative estimate of drug-likeness (QED) is 0.873. The van der Waals surface area contributed by atoms with E-state index in [9.17, 15) is 0 Å². The molecule has 1 fully saturated rings. The first-order valence-corrected chi connectivity index (χ1v) is 6.87. The first-order valence-electron chi connectivity index (χ1n) is 6.87. The molecule has 0 radical (unpaired) electrons. The molecule has 0 bridgehead atoms. The highest BCUT2D eigenvalue weighted by Crippen LogP contribution is 2.29. The highest BCUT2D eigenvalue weighted by molar-refractivity contribution is 5.68. The SMILES string of the molecule is COc1cc(N)cc(-c2cnn(C3CCCCO3)c2)c1. The van der Waals surface area contributed by atoms with Gasteiger partial charge >= 0.3 is 0 Å². The molecular formula is C15H19N3O2. The lowest BCUT2D eigenvalue weighted by Gasteiger charge is -2.22. The molecule has 0 spiro atoms. The zero-order valence-corrected chi connectivity index (χ0v) is 11.6. The van der Waals surface area contributed by atoms with Crippen molar-refractivity contribution in [2.24, 2.45) is 0 Å². The van der Waals surface area contributed by atoms with Crippen molar-refractivity contribution in [1.82, 2.24) is 9.78 Å². The minimum absolute atomic E-state index is 0.0560. The predicted octanol–water partition coefficient (Wildman–Crippen LogP) is 2.84. The van der Waals surface area contributed by atoms with Crippen LogP contribution in [0, 0.1) is 0 Å². The second-order valence-electron chi connectivity index (χ2n) is 5.03. The maximum absolute atomic E-state index is 5.89. The smallest absolute Gasteiger partial charge is 0.150 e. The van der Waals surface area contributed by atoms with Gasteiger partial charge in [-0.1, -0.05) is 0 Å². The summed E-state index contributed by atoms with van der Waals surface area (Å²) in [6, 6.07) is 5.68. The molecule has 1 aliphatic rings. The fraction of sp³-hybridized carbons (Fsp3) is 0.400. The van der Waals surface area contributed by atoms with Crippen LogP contribution in [0.3, 0.4) is 0 Å². The molecule has 106 valence electrons. The molecule has 0 saturated carbocycles. The van der Waals surface area contributed by atoms with Gasteiger partial charge in [-0.15, -0.1) is 0 Å². The Hall–Kier alpha value is -2.01. The lowest BCUT2D eigenvalue weighted by Crippen LogP contribution is -2.18. The summed E-state index contributed by atoms with van der Waals surface area (Å²) in [5, 5.41) is 4.41. The van der Waals surface area contributed by atoms with E-state index in [1.807, 2.05) is 29.2 Å². The summed E-state index contributed by atoms with van der Waals surface area (Å²) in [6.07, 6.45) is 7.24. The number of benzene rings is 1. The highest BCUT2D eigenvalue weighted by Gasteiger charge is 2.17. The molecule has 5 nitrogen and oxygen atoms in total. The van der Waals surface area contributed by atoms with Crippen LogP contribution in [0.2, 0.25) is 0 Å². The molecular weight excluding hydrogens is 254 g/mol. The maximum atomic E-state index is 5.89. The Kier molecular flexibility index (Phi) is 3.60. The van der Waals surface area contributed by atoms with Crippen molar-refractivity contribution in [3.8, 4) is 16.9 Å².